The van der Waals surface area contributed by atoms with Gasteiger partial charge in [-0.1, -0.05) is 52.0 Å². The van der Waals surface area contributed by atoms with E-state index in [4.69, 9.17) is 0 Å². The average molecular weight is 279 g/mol. The first-order valence-electron chi connectivity index (χ1n) is 7.11. The molecule has 1 fully saturated rings. The van der Waals surface area contributed by atoms with Gasteiger partial charge in [-0.3, -0.25) is 4.21 Å². The van der Waals surface area contributed by atoms with Crippen LogP contribution in [0.1, 0.15) is 51.3 Å². The average Bonchev–Trinajstić information content (AvgIpc) is 2.37. The highest BCUT2D eigenvalue weighted by Crippen LogP contribution is 2.25. The van der Waals surface area contributed by atoms with Gasteiger partial charge in [0.15, 0.2) is 0 Å². The van der Waals surface area contributed by atoms with Crippen LogP contribution in [0.2, 0.25) is 0 Å². The number of hydrogen-bond acceptors (Lipinski definition) is 2. The lowest BCUT2D eigenvalue weighted by atomic mass is 9.86. The summed E-state index contributed by atoms with van der Waals surface area (Å²) in [5.41, 5.74) is 2.80. The Kier molecular flexibility index (Phi) is 4.46. The van der Waals surface area contributed by atoms with E-state index < -0.39 is 10.8 Å². The standard InChI is InChI=1S/C16H25NOS/c1-5-14-10-19(18)11-15(17-14)12-6-8-13(9-7-12)16(2,3)4/h6-9,14-15,17H,5,10-11H2,1-4H3. The molecule has 0 amide bonds. The molecule has 1 aliphatic rings. The maximum atomic E-state index is 11.9. The van der Waals surface area contributed by atoms with Gasteiger partial charge >= 0.3 is 0 Å². The third kappa shape index (κ3) is 3.67. The Bertz CT molecular complexity index is 447. The Hall–Kier alpha value is -0.670. The molecule has 1 aliphatic heterocycles. The molecule has 1 heterocycles. The van der Waals surface area contributed by atoms with Crippen molar-refractivity contribution in [3.8, 4) is 0 Å². The summed E-state index contributed by atoms with van der Waals surface area (Å²) < 4.78 is 11.9. The van der Waals surface area contributed by atoms with Crippen molar-refractivity contribution >= 4 is 10.8 Å². The molecule has 0 spiro atoms. The van der Waals surface area contributed by atoms with Gasteiger partial charge in [-0.15, -0.1) is 0 Å². The Morgan fingerprint density at radius 2 is 1.84 bits per heavy atom. The fourth-order valence-corrected chi connectivity index (χ4v) is 4.08. The zero-order valence-corrected chi connectivity index (χ0v) is 13.2. The van der Waals surface area contributed by atoms with Crippen molar-refractivity contribution in [2.24, 2.45) is 0 Å². The zero-order chi connectivity index (χ0) is 14.0. The molecule has 2 nitrogen and oxygen atoms in total. The first kappa shape index (κ1) is 14.7. The van der Waals surface area contributed by atoms with Gasteiger partial charge < -0.3 is 5.32 Å². The van der Waals surface area contributed by atoms with E-state index in [1.54, 1.807) is 0 Å². The third-order valence-corrected chi connectivity index (χ3v) is 5.33. The molecule has 3 heteroatoms. The molecule has 0 saturated carbocycles. The van der Waals surface area contributed by atoms with Gasteiger partial charge in [0.05, 0.1) is 0 Å². The Balaban J connectivity index is 2.15. The van der Waals surface area contributed by atoms with Crippen LogP contribution in [0.3, 0.4) is 0 Å². The van der Waals surface area contributed by atoms with Crippen molar-refractivity contribution in [3.63, 3.8) is 0 Å². The van der Waals surface area contributed by atoms with Crippen LogP contribution < -0.4 is 5.32 Å². The van der Waals surface area contributed by atoms with Crippen LogP contribution in [-0.2, 0) is 16.2 Å². The fourth-order valence-electron chi connectivity index (χ4n) is 2.50. The smallest absolute Gasteiger partial charge is 0.0439 e. The van der Waals surface area contributed by atoms with E-state index in [2.05, 4.69) is 57.3 Å². The number of rotatable bonds is 2. The maximum absolute atomic E-state index is 11.9. The number of hydrogen-bond donors (Lipinski definition) is 1. The van der Waals surface area contributed by atoms with E-state index >= 15 is 0 Å². The lowest BCUT2D eigenvalue weighted by Crippen LogP contribution is -2.44. The highest BCUT2D eigenvalue weighted by Gasteiger charge is 2.25. The summed E-state index contributed by atoms with van der Waals surface area (Å²) in [5.74, 6) is 1.54. The molecule has 1 saturated heterocycles. The van der Waals surface area contributed by atoms with Gasteiger partial charge in [-0.05, 0) is 23.0 Å². The van der Waals surface area contributed by atoms with Gasteiger partial charge in [-0.25, -0.2) is 0 Å². The van der Waals surface area contributed by atoms with E-state index in [-0.39, 0.29) is 11.5 Å². The minimum absolute atomic E-state index is 0.188. The van der Waals surface area contributed by atoms with Crippen molar-refractivity contribution in [1.82, 2.24) is 5.32 Å². The molecule has 1 aromatic carbocycles. The summed E-state index contributed by atoms with van der Waals surface area (Å²) in [6, 6.07) is 9.42. The van der Waals surface area contributed by atoms with Crippen LogP contribution in [0.25, 0.3) is 0 Å². The SMILES string of the molecule is CCC1CS(=O)CC(c2ccc(C(C)(C)C)cc2)N1. The first-order valence-corrected chi connectivity index (χ1v) is 8.60. The minimum Gasteiger partial charge on any atom is -0.305 e. The molecule has 1 aromatic rings. The van der Waals surface area contributed by atoms with Gasteiger partial charge in [-0.2, -0.15) is 0 Å². The summed E-state index contributed by atoms with van der Waals surface area (Å²) >= 11 is 0. The first-order chi connectivity index (χ1) is 8.90. The highest BCUT2D eigenvalue weighted by atomic mass is 32.2. The van der Waals surface area contributed by atoms with Crippen molar-refractivity contribution in [2.75, 3.05) is 11.5 Å². The summed E-state index contributed by atoms with van der Waals surface area (Å²) in [5, 5.41) is 3.61. The Morgan fingerprint density at radius 3 is 2.37 bits per heavy atom. The lowest BCUT2D eigenvalue weighted by Gasteiger charge is -2.30. The number of benzene rings is 1. The molecule has 106 valence electrons. The second kappa shape index (κ2) is 5.76. The topological polar surface area (TPSA) is 29.1 Å². The van der Waals surface area contributed by atoms with Gasteiger partial charge in [0.1, 0.15) is 0 Å². The highest BCUT2D eigenvalue weighted by molar-refractivity contribution is 7.85. The second-order valence-electron chi connectivity index (χ2n) is 6.47. The van der Waals surface area contributed by atoms with Crippen molar-refractivity contribution in [3.05, 3.63) is 35.4 Å². The van der Waals surface area contributed by atoms with Crippen molar-refractivity contribution < 1.29 is 4.21 Å². The largest absolute Gasteiger partial charge is 0.305 e. The summed E-state index contributed by atoms with van der Waals surface area (Å²) in [6.07, 6.45) is 1.04. The minimum atomic E-state index is -0.686. The number of nitrogens with one attached hydrogen (secondary N) is 1. The van der Waals surface area contributed by atoms with E-state index in [9.17, 15) is 4.21 Å². The third-order valence-electron chi connectivity index (χ3n) is 3.85. The molecular formula is C16H25NOS. The predicted molar refractivity (Wildman–Crippen MR) is 83.0 cm³/mol. The van der Waals surface area contributed by atoms with Crippen LogP contribution >= 0.6 is 0 Å². The van der Waals surface area contributed by atoms with E-state index in [0.717, 1.165) is 17.9 Å². The molecule has 0 aliphatic carbocycles. The predicted octanol–water partition coefficient (Wildman–Crippen LogP) is 3.16. The molecule has 3 atom stereocenters. The molecular weight excluding hydrogens is 254 g/mol. The van der Waals surface area contributed by atoms with Gasteiger partial charge in [0.25, 0.3) is 0 Å². The van der Waals surface area contributed by atoms with E-state index in [1.165, 1.54) is 11.1 Å². The summed E-state index contributed by atoms with van der Waals surface area (Å²) in [6.45, 7) is 8.83. The molecule has 3 unspecified atom stereocenters. The van der Waals surface area contributed by atoms with E-state index in [1.807, 2.05) is 0 Å². The van der Waals surface area contributed by atoms with E-state index in [0.29, 0.717) is 6.04 Å². The maximum Gasteiger partial charge on any atom is 0.0439 e. The second-order valence-corrected chi connectivity index (χ2v) is 8.02. The zero-order valence-electron chi connectivity index (χ0n) is 12.4. The van der Waals surface area contributed by atoms with Crippen molar-refractivity contribution in [1.29, 1.82) is 0 Å². The van der Waals surface area contributed by atoms with Crippen LogP contribution in [-0.4, -0.2) is 21.8 Å². The quantitative estimate of drug-likeness (QED) is 0.901. The Labute approximate surface area is 119 Å². The molecule has 1 N–H and O–H groups in total. The molecule has 19 heavy (non-hydrogen) atoms. The Morgan fingerprint density at radius 1 is 1.21 bits per heavy atom. The van der Waals surface area contributed by atoms with Crippen molar-refractivity contribution in [2.45, 2.75) is 51.6 Å². The van der Waals surface area contributed by atoms with Gasteiger partial charge in [0.2, 0.25) is 0 Å². The van der Waals surface area contributed by atoms with Crippen LogP contribution in [0.15, 0.2) is 24.3 Å². The monoisotopic (exact) mass is 279 g/mol. The van der Waals surface area contributed by atoms with Crippen LogP contribution in [0, 0.1) is 0 Å². The molecule has 0 radical (unpaired) electrons. The summed E-state index contributed by atoms with van der Waals surface area (Å²) in [7, 11) is -0.686. The lowest BCUT2D eigenvalue weighted by molar-refractivity contribution is 0.455. The fraction of sp³-hybridized carbons (Fsp3) is 0.625. The van der Waals surface area contributed by atoms with Crippen LogP contribution in [0.5, 0.6) is 0 Å². The van der Waals surface area contributed by atoms with Gasteiger partial charge in [0, 0.05) is 34.4 Å². The molecule has 2 rings (SSSR count). The van der Waals surface area contributed by atoms with Crippen LogP contribution in [0.4, 0.5) is 0 Å². The summed E-state index contributed by atoms with van der Waals surface area (Å²) in [4.78, 5) is 0. The normalized spacial score (nSPS) is 28.3. The molecule has 0 aromatic heterocycles. The molecule has 0 bridgehead atoms.